The number of nitrogens with zero attached hydrogens (tertiary/aromatic N) is 1. The van der Waals surface area contributed by atoms with Crippen LogP contribution in [0.3, 0.4) is 0 Å². The number of amides is 1. The first kappa shape index (κ1) is 23.4. The first-order valence-corrected chi connectivity index (χ1v) is 12.2. The zero-order valence-corrected chi connectivity index (χ0v) is 21.1. The Hall–Kier alpha value is -3.31. The molecule has 6 heteroatoms. The number of hydrogen-bond donors (Lipinski definition) is 1. The van der Waals surface area contributed by atoms with Crippen molar-refractivity contribution in [3.8, 4) is 5.75 Å². The van der Waals surface area contributed by atoms with E-state index in [0.29, 0.717) is 10.6 Å². The molecule has 0 aromatic heterocycles. The van der Waals surface area contributed by atoms with Crippen molar-refractivity contribution in [3.05, 3.63) is 93.0 Å². The monoisotopic (exact) mass is 489 g/mol. The summed E-state index contributed by atoms with van der Waals surface area (Å²) in [5.74, 6) is -0.258. The number of aryl methyl sites for hydroxylation is 2. The molecule has 3 aromatic carbocycles. The van der Waals surface area contributed by atoms with E-state index in [1.807, 2.05) is 44.2 Å². The highest BCUT2D eigenvalue weighted by Crippen LogP contribution is 2.49. The highest BCUT2D eigenvalue weighted by atomic mass is 35.5. The van der Waals surface area contributed by atoms with Gasteiger partial charge >= 0.3 is 5.97 Å². The molecular formula is C29H28ClNO4. The highest BCUT2D eigenvalue weighted by Gasteiger charge is 2.49. The van der Waals surface area contributed by atoms with Gasteiger partial charge in [0.1, 0.15) is 11.4 Å². The molecule has 0 saturated heterocycles. The number of carboxylic acids is 1. The van der Waals surface area contributed by atoms with Gasteiger partial charge < -0.3 is 14.7 Å². The van der Waals surface area contributed by atoms with Crippen molar-refractivity contribution in [2.45, 2.75) is 58.1 Å². The molecule has 1 N–H and O–H groups in total. The third-order valence-electron chi connectivity index (χ3n) is 7.44. The van der Waals surface area contributed by atoms with E-state index in [4.69, 9.17) is 16.3 Å². The molecule has 0 bridgehead atoms. The number of carboxylic acid groups (broad SMARTS) is 1. The van der Waals surface area contributed by atoms with Gasteiger partial charge in [-0.3, -0.25) is 4.79 Å². The van der Waals surface area contributed by atoms with Crippen molar-refractivity contribution < 1.29 is 19.4 Å². The Bertz CT molecular complexity index is 1380. The molecule has 0 aliphatic carbocycles. The molecule has 5 rings (SSSR count). The minimum Gasteiger partial charge on any atom is -0.488 e. The predicted octanol–water partition coefficient (Wildman–Crippen LogP) is 6.30. The van der Waals surface area contributed by atoms with Crippen LogP contribution in [0.4, 0.5) is 5.69 Å². The molecule has 3 aromatic rings. The number of fused-ring (bicyclic) bond motifs is 2. The molecule has 0 saturated carbocycles. The van der Waals surface area contributed by atoms with Crippen LogP contribution in [-0.2, 0) is 23.2 Å². The van der Waals surface area contributed by atoms with Crippen molar-refractivity contribution in [1.29, 1.82) is 0 Å². The molecule has 0 radical (unpaired) electrons. The van der Waals surface area contributed by atoms with Crippen LogP contribution in [0.2, 0.25) is 5.02 Å². The van der Waals surface area contributed by atoms with Crippen LogP contribution in [0.15, 0.2) is 54.6 Å². The SMILES string of the molecule is Cc1cccc(C(=O)O)c1CN1C(=O)[C@@](C)(c2ccc3c(c2)CCC(C)(C)O3)c2cc(Cl)ccc21. The maximum Gasteiger partial charge on any atom is 0.336 e. The van der Waals surface area contributed by atoms with E-state index in [0.717, 1.165) is 46.5 Å². The first-order valence-electron chi connectivity index (χ1n) is 11.8. The number of rotatable bonds is 4. The van der Waals surface area contributed by atoms with Gasteiger partial charge in [-0.25, -0.2) is 4.79 Å². The summed E-state index contributed by atoms with van der Waals surface area (Å²) < 4.78 is 6.16. The summed E-state index contributed by atoms with van der Waals surface area (Å²) in [6.07, 6.45) is 1.77. The van der Waals surface area contributed by atoms with Gasteiger partial charge in [0, 0.05) is 10.7 Å². The summed E-state index contributed by atoms with van der Waals surface area (Å²) in [5.41, 5.74) is 4.01. The number of carbonyl (C=O) groups excluding carboxylic acids is 1. The Morgan fingerprint density at radius 2 is 1.89 bits per heavy atom. The summed E-state index contributed by atoms with van der Waals surface area (Å²) in [5, 5.41) is 10.3. The molecule has 0 unspecified atom stereocenters. The Kier molecular flexibility index (Phi) is 5.44. The maximum absolute atomic E-state index is 14.2. The number of ether oxygens (including phenoxy) is 1. The van der Waals surface area contributed by atoms with Gasteiger partial charge in [-0.2, -0.15) is 0 Å². The third-order valence-corrected chi connectivity index (χ3v) is 7.67. The van der Waals surface area contributed by atoms with Gasteiger partial charge in [-0.15, -0.1) is 0 Å². The standard InChI is InChI=1S/C29H28ClNO4/c1-17-6-5-7-21(26(32)33)22(17)16-31-24-10-9-20(30)15-23(24)29(4,27(31)34)19-8-11-25-18(14-19)12-13-28(2,3)35-25/h5-11,14-15H,12-13,16H2,1-4H3,(H,32,33)/t29-/m0/s1. The summed E-state index contributed by atoms with van der Waals surface area (Å²) >= 11 is 6.40. The van der Waals surface area contributed by atoms with Crippen LogP contribution < -0.4 is 9.64 Å². The first-order chi connectivity index (χ1) is 16.5. The van der Waals surface area contributed by atoms with Gasteiger partial charge in [-0.1, -0.05) is 35.9 Å². The summed E-state index contributed by atoms with van der Waals surface area (Å²) in [7, 11) is 0. The topological polar surface area (TPSA) is 66.8 Å². The lowest BCUT2D eigenvalue weighted by atomic mass is 9.76. The van der Waals surface area contributed by atoms with Crippen molar-refractivity contribution in [1.82, 2.24) is 0 Å². The van der Waals surface area contributed by atoms with E-state index in [2.05, 4.69) is 19.9 Å². The Morgan fingerprint density at radius 3 is 2.63 bits per heavy atom. The summed E-state index contributed by atoms with van der Waals surface area (Å²) in [6.45, 7) is 8.13. The van der Waals surface area contributed by atoms with Crippen molar-refractivity contribution in [2.24, 2.45) is 0 Å². The fourth-order valence-electron chi connectivity index (χ4n) is 5.32. The smallest absolute Gasteiger partial charge is 0.336 e. The number of halogens is 1. The number of hydrogen-bond acceptors (Lipinski definition) is 3. The second kappa shape index (κ2) is 8.13. The van der Waals surface area contributed by atoms with Crippen LogP contribution in [-0.4, -0.2) is 22.6 Å². The Labute approximate surface area is 210 Å². The molecule has 180 valence electrons. The lowest BCUT2D eigenvalue weighted by Gasteiger charge is -2.34. The van der Waals surface area contributed by atoms with Crippen LogP contribution >= 0.6 is 11.6 Å². The number of aromatic carboxylic acids is 1. The average molecular weight is 490 g/mol. The number of benzene rings is 3. The van der Waals surface area contributed by atoms with Gasteiger partial charge in [-0.05, 0) is 98.7 Å². The molecule has 35 heavy (non-hydrogen) atoms. The fourth-order valence-corrected chi connectivity index (χ4v) is 5.49. The van der Waals surface area contributed by atoms with E-state index < -0.39 is 11.4 Å². The van der Waals surface area contributed by atoms with Crippen LogP contribution in [0.25, 0.3) is 0 Å². The second-order valence-corrected chi connectivity index (χ2v) is 10.7. The molecule has 0 spiro atoms. The predicted molar refractivity (Wildman–Crippen MR) is 137 cm³/mol. The van der Waals surface area contributed by atoms with Crippen LogP contribution in [0.5, 0.6) is 5.75 Å². The van der Waals surface area contributed by atoms with Crippen molar-refractivity contribution in [3.63, 3.8) is 0 Å². The van der Waals surface area contributed by atoms with Crippen molar-refractivity contribution in [2.75, 3.05) is 4.90 Å². The minimum atomic E-state index is -1.01. The Balaban J connectivity index is 1.62. The van der Waals surface area contributed by atoms with Gasteiger partial charge in [0.15, 0.2) is 0 Å². The van der Waals surface area contributed by atoms with Gasteiger partial charge in [0.2, 0.25) is 5.91 Å². The summed E-state index contributed by atoms with van der Waals surface area (Å²) in [4.78, 5) is 27.8. The Morgan fingerprint density at radius 1 is 1.11 bits per heavy atom. The molecule has 2 aliphatic heterocycles. The zero-order valence-electron chi connectivity index (χ0n) is 20.3. The highest BCUT2D eigenvalue weighted by molar-refractivity contribution is 6.31. The number of anilines is 1. The normalized spacial score (nSPS) is 20.3. The summed E-state index contributed by atoms with van der Waals surface area (Å²) in [6, 6.07) is 16.6. The third kappa shape index (κ3) is 3.79. The average Bonchev–Trinajstić information content (AvgIpc) is 3.01. The quantitative estimate of drug-likeness (QED) is 0.466. The zero-order chi connectivity index (χ0) is 25.1. The largest absolute Gasteiger partial charge is 0.488 e. The fraction of sp³-hybridized carbons (Fsp3) is 0.310. The van der Waals surface area contributed by atoms with Crippen LogP contribution in [0, 0.1) is 6.92 Å². The molecule has 0 fully saturated rings. The second-order valence-electron chi connectivity index (χ2n) is 10.3. The lowest BCUT2D eigenvalue weighted by Crippen LogP contribution is -2.39. The molecule has 2 aliphatic rings. The minimum absolute atomic E-state index is 0.105. The molecular weight excluding hydrogens is 462 g/mol. The molecule has 1 amide bonds. The van der Waals surface area contributed by atoms with E-state index in [1.54, 1.807) is 23.1 Å². The molecule has 1 atom stereocenters. The van der Waals surface area contributed by atoms with E-state index in [1.165, 1.54) is 0 Å². The van der Waals surface area contributed by atoms with E-state index in [-0.39, 0.29) is 23.6 Å². The number of carbonyl (C=O) groups is 2. The maximum atomic E-state index is 14.2. The molecule has 2 heterocycles. The van der Waals surface area contributed by atoms with Gasteiger partial charge in [0.25, 0.3) is 0 Å². The lowest BCUT2D eigenvalue weighted by molar-refractivity contribution is -0.121. The van der Waals surface area contributed by atoms with Gasteiger partial charge in [0.05, 0.1) is 17.5 Å². The van der Waals surface area contributed by atoms with Crippen LogP contribution in [0.1, 0.15) is 65.4 Å². The van der Waals surface area contributed by atoms with E-state index >= 15 is 0 Å². The van der Waals surface area contributed by atoms with Crippen molar-refractivity contribution >= 4 is 29.2 Å². The van der Waals surface area contributed by atoms with E-state index in [9.17, 15) is 14.7 Å². The molecule has 5 nitrogen and oxygen atoms in total.